The number of carbonyl (C=O) groups excluding carboxylic acids is 2. The standard InChI is InChI=1S/C21H27N3O2/c1-4-24(15-17-8-6-5-7-9-17)20(25)16-23(3)14-18-10-12-19(13-11-18)21(26)22-2/h5-13H,4,14-16H2,1-3H3,(H,22,26). The molecule has 0 aliphatic rings. The number of hydrogen-bond acceptors (Lipinski definition) is 3. The number of hydrogen-bond donors (Lipinski definition) is 1. The zero-order valence-electron chi connectivity index (χ0n) is 15.7. The summed E-state index contributed by atoms with van der Waals surface area (Å²) >= 11 is 0. The summed E-state index contributed by atoms with van der Waals surface area (Å²) in [6.07, 6.45) is 0. The molecule has 2 aromatic rings. The maximum absolute atomic E-state index is 12.6. The third-order valence-electron chi connectivity index (χ3n) is 4.25. The maximum atomic E-state index is 12.6. The zero-order valence-corrected chi connectivity index (χ0v) is 15.7. The predicted molar refractivity (Wildman–Crippen MR) is 104 cm³/mol. The molecule has 0 radical (unpaired) electrons. The smallest absolute Gasteiger partial charge is 0.251 e. The Morgan fingerprint density at radius 2 is 1.54 bits per heavy atom. The van der Waals surface area contributed by atoms with Gasteiger partial charge in [0.25, 0.3) is 5.91 Å². The SMILES string of the molecule is CCN(Cc1ccccc1)C(=O)CN(C)Cc1ccc(C(=O)NC)cc1. The molecule has 0 spiro atoms. The van der Waals surface area contributed by atoms with E-state index in [2.05, 4.69) is 5.32 Å². The van der Waals surface area contributed by atoms with Crippen LogP contribution < -0.4 is 5.32 Å². The van der Waals surface area contributed by atoms with Crippen molar-refractivity contribution in [3.8, 4) is 0 Å². The molecule has 0 aliphatic heterocycles. The molecule has 1 N–H and O–H groups in total. The molecule has 0 aliphatic carbocycles. The lowest BCUT2D eigenvalue weighted by molar-refractivity contribution is -0.132. The van der Waals surface area contributed by atoms with E-state index < -0.39 is 0 Å². The van der Waals surface area contributed by atoms with E-state index in [1.807, 2.05) is 66.2 Å². The molecule has 0 heterocycles. The van der Waals surface area contributed by atoms with Crippen molar-refractivity contribution in [3.05, 3.63) is 71.3 Å². The first-order chi connectivity index (χ1) is 12.5. The summed E-state index contributed by atoms with van der Waals surface area (Å²) in [5, 5.41) is 2.61. The lowest BCUT2D eigenvalue weighted by Crippen LogP contribution is -2.38. The largest absolute Gasteiger partial charge is 0.355 e. The molecule has 0 unspecified atom stereocenters. The average molecular weight is 353 g/mol. The molecule has 5 nitrogen and oxygen atoms in total. The third kappa shape index (κ3) is 5.70. The quantitative estimate of drug-likeness (QED) is 0.793. The van der Waals surface area contributed by atoms with Gasteiger partial charge in [-0.2, -0.15) is 0 Å². The third-order valence-corrected chi connectivity index (χ3v) is 4.25. The molecule has 2 aromatic carbocycles. The Labute approximate surface area is 155 Å². The highest BCUT2D eigenvalue weighted by atomic mass is 16.2. The van der Waals surface area contributed by atoms with Gasteiger partial charge in [-0.25, -0.2) is 0 Å². The van der Waals surface area contributed by atoms with Crippen LogP contribution >= 0.6 is 0 Å². The summed E-state index contributed by atoms with van der Waals surface area (Å²) in [4.78, 5) is 28.0. The van der Waals surface area contributed by atoms with Gasteiger partial charge in [0.05, 0.1) is 6.54 Å². The predicted octanol–water partition coefficient (Wildman–Crippen LogP) is 2.53. The molecule has 0 saturated carbocycles. The second kappa shape index (κ2) is 9.73. The van der Waals surface area contributed by atoms with Gasteiger partial charge >= 0.3 is 0 Å². The van der Waals surface area contributed by atoms with Gasteiger partial charge in [0, 0.05) is 32.2 Å². The Balaban J connectivity index is 1.90. The summed E-state index contributed by atoms with van der Waals surface area (Å²) in [7, 11) is 3.55. The van der Waals surface area contributed by atoms with Crippen molar-refractivity contribution >= 4 is 11.8 Å². The van der Waals surface area contributed by atoms with Crippen LogP contribution in [0.15, 0.2) is 54.6 Å². The van der Waals surface area contributed by atoms with E-state index in [0.717, 1.165) is 11.1 Å². The van der Waals surface area contributed by atoms with E-state index in [1.54, 1.807) is 19.2 Å². The average Bonchev–Trinajstić information content (AvgIpc) is 2.66. The molecule has 5 heteroatoms. The van der Waals surface area contributed by atoms with Crippen LogP contribution in [0.25, 0.3) is 0 Å². The Hall–Kier alpha value is -2.66. The number of likely N-dealkylation sites (N-methyl/N-ethyl adjacent to an activating group) is 2. The molecular weight excluding hydrogens is 326 g/mol. The lowest BCUT2D eigenvalue weighted by Gasteiger charge is -2.24. The van der Waals surface area contributed by atoms with Gasteiger partial charge in [0.15, 0.2) is 0 Å². The first-order valence-corrected chi connectivity index (χ1v) is 8.84. The molecule has 0 aromatic heterocycles. The van der Waals surface area contributed by atoms with Crippen molar-refractivity contribution in [1.82, 2.24) is 15.1 Å². The molecule has 0 fully saturated rings. The Bertz CT molecular complexity index is 714. The van der Waals surface area contributed by atoms with Crippen molar-refractivity contribution in [2.75, 3.05) is 27.2 Å². The van der Waals surface area contributed by atoms with Crippen LogP contribution in [0.4, 0.5) is 0 Å². The molecule has 26 heavy (non-hydrogen) atoms. The monoisotopic (exact) mass is 353 g/mol. The van der Waals surface area contributed by atoms with E-state index in [4.69, 9.17) is 0 Å². The summed E-state index contributed by atoms with van der Waals surface area (Å²) in [6.45, 7) is 4.33. The molecular formula is C21H27N3O2. The van der Waals surface area contributed by atoms with E-state index in [1.165, 1.54) is 0 Å². The number of benzene rings is 2. The first-order valence-electron chi connectivity index (χ1n) is 8.84. The highest BCUT2D eigenvalue weighted by Crippen LogP contribution is 2.09. The Morgan fingerprint density at radius 3 is 2.12 bits per heavy atom. The topological polar surface area (TPSA) is 52.7 Å². The van der Waals surface area contributed by atoms with Gasteiger partial charge in [-0.15, -0.1) is 0 Å². The molecule has 0 bridgehead atoms. The summed E-state index contributed by atoms with van der Waals surface area (Å²) < 4.78 is 0. The van der Waals surface area contributed by atoms with Crippen LogP contribution in [0, 0.1) is 0 Å². The number of nitrogens with zero attached hydrogens (tertiary/aromatic N) is 2. The minimum Gasteiger partial charge on any atom is -0.355 e. The highest BCUT2D eigenvalue weighted by Gasteiger charge is 2.15. The van der Waals surface area contributed by atoms with Gasteiger partial charge in [0.1, 0.15) is 0 Å². The Morgan fingerprint density at radius 1 is 0.923 bits per heavy atom. The van der Waals surface area contributed by atoms with Gasteiger partial charge < -0.3 is 10.2 Å². The van der Waals surface area contributed by atoms with E-state index in [-0.39, 0.29) is 11.8 Å². The fraction of sp³-hybridized carbons (Fsp3) is 0.333. The van der Waals surface area contributed by atoms with E-state index in [9.17, 15) is 9.59 Å². The Kier molecular flexibility index (Phi) is 7.36. The number of nitrogens with one attached hydrogen (secondary N) is 1. The van der Waals surface area contributed by atoms with Crippen molar-refractivity contribution in [3.63, 3.8) is 0 Å². The molecule has 2 amide bonds. The number of carbonyl (C=O) groups is 2. The number of rotatable bonds is 8. The number of amides is 2. The highest BCUT2D eigenvalue weighted by molar-refractivity contribution is 5.93. The molecule has 0 atom stereocenters. The zero-order chi connectivity index (χ0) is 18.9. The van der Waals surface area contributed by atoms with Gasteiger partial charge in [0.2, 0.25) is 5.91 Å². The summed E-state index contributed by atoms with van der Waals surface area (Å²) in [5.74, 6) is 0.0143. The summed E-state index contributed by atoms with van der Waals surface area (Å²) in [6, 6.07) is 17.5. The normalized spacial score (nSPS) is 10.6. The van der Waals surface area contributed by atoms with Crippen LogP contribution in [0.3, 0.4) is 0 Å². The van der Waals surface area contributed by atoms with Crippen LogP contribution in [0.5, 0.6) is 0 Å². The minimum atomic E-state index is -0.0976. The molecule has 0 saturated heterocycles. The molecule has 138 valence electrons. The van der Waals surface area contributed by atoms with Crippen LogP contribution in [-0.4, -0.2) is 48.8 Å². The first kappa shape index (κ1) is 19.7. The fourth-order valence-corrected chi connectivity index (χ4v) is 2.78. The van der Waals surface area contributed by atoms with Crippen LogP contribution in [0.2, 0.25) is 0 Å². The fourth-order valence-electron chi connectivity index (χ4n) is 2.78. The molecule has 2 rings (SSSR count). The van der Waals surface area contributed by atoms with Crippen LogP contribution in [-0.2, 0) is 17.9 Å². The van der Waals surface area contributed by atoms with Gasteiger partial charge in [-0.3, -0.25) is 14.5 Å². The maximum Gasteiger partial charge on any atom is 0.251 e. The van der Waals surface area contributed by atoms with Gasteiger partial charge in [-0.05, 0) is 37.2 Å². The van der Waals surface area contributed by atoms with Crippen molar-refractivity contribution in [1.29, 1.82) is 0 Å². The van der Waals surface area contributed by atoms with Gasteiger partial charge in [-0.1, -0.05) is 42.5 Å². The van der Waals surface area contributed by atoms with Crippen LogP contribution in [0.1, 0.15) is 28.4 Å². The van der Waals surface area contributed by atoms with E-state index >= 15 is 0 Å². The minimum absolute atomic E-state index is 0.0976. The summed E-state index contributed by atoms with van der Waals surface area (Å²) in [5.41, 5.74) is 2.84. The van der Waals surface area contributed by atoms with E-state index in [0.29, 0.717) is 31.7 Å². The van der Waals surface area contributed by atoms with Crippen molar-refractivity contribution in [2.45, 2.75) is 20.0 Å². The second-order valence-electron chi connectivity index (χ2n) is 6.34. The second-order valence-corrected chi connectivity index (χ2v) is 6.34. The lowest BCUT2D eigenvalue weighted by atomic mass is 10.1. The van der Waals surface area contributed by atoms with Crippen molar-refractivity contribution < 1.29 is 9.59 Å². The van der Waals surface area contributed by atoms with Crippen molar-refractivity contribution in [2.24, 2.45) is 0 Å².